The Kier molecular flexibility index (Phi) is 4.05. The Balaban J connectivity index is 1.76. The third-order valence-corrected chi connectivity index (χ3v) is 4.23. The van der Waals surface area contributed by atoms with Gasteiger partial charge in [0.15, 0.2) is 0 Å². The molecular formula is C13H25N3O. The second kappa shape index (κ2) is 5.36. The summed E-state index contributed by atoms with van der Waals surface area (Å²) < 4.78 is 0. The second-order valence-corrected chi connectivity index (χ2v) is 5.72. The summed E-state index contributed by atoms with van der Waals surface area (Å²) in [5, 5.41) is 3.36. The summed E-state index contributed by atoms with van der Waals surface area (Å²) in [4.78, 5) is 16.6. The van der Waals surface area contributed by atoms with Crippen LogP contribution >= 0.6 is 0 Å². The molecule has 4 heteroatoms. The Labute approximate surface area is 104 Å². The quantitative estimate of drug-likeness (QED) is 0.774. The van der Waals surface area contributed by atoms with Gasteiger partial charge in [-0.3, -0.25) is 9.69 Å². The highest BCUT2D eigenvalue weighted by Crippen LogP contribution is 2.21. The first-order valence-electron chi connectivity index (χ1n) is 6.83. The lowest BCUT2D eigenvalue weighted by Crippen LogP contribution is -2.64. The molecule has 0 aromatic heterocycles. The SMILES string of the molecule is CC(C)C(C)C(=O)N1CC(N2CCNCC2)C1. The normalized spacial score (nSPS) is 24.8. The number of likely N-dealkylation sites (tertiary alicyclic amines) is 1. The zero-order valence-electron chi connectivity index (χ0n) is 11.3. The molecule has 0 aromatic rings. The van der Waals surface area contributed by atoms with E-state index in [-0.39, 0.29) is 5.92 Å². The minimum absolute atomic E-state index is 0.166. The molecule has 2 aliphatic heterocycles. The number of piperazine rings is 1. The molecule has 1 amide bonds. The molecule has 0 aliphatic carbocycles. The van der Waals surface area contributed by atoms with E-state index in [9.17, 15) is 4.79 Å². The van der Waals surface area contributed by atoms with E-state index < -0.39 is 0 Å². The van der Waals surface area contributed by atoms with Gasteiger partial charge < -0.3 is 10.2 Å². The first-order chi connectivity index (χ1) is 8.09. The molecule has 0 bridgehead atoms. The Morgan fingerprint density at radius 2 is 1.76 bits per heavy atom. The Morgan fingerprint density at radius 3 is 2.29 bits per heavy atom. The number of rotatable bonds is 3. The van der Waals surface area contributed by atoms with Gasteiger partial charge in [-0.2, -0.15) is 0 Å². The van der Waals surface area contributed by atoms with Gasteiger partial charge in [0.1, 0.15) is 0 Å². The highest BCUT2D eigenvalue weighted by Gasteiger charge is 2.36. The van der Waals surface area contributed by atoms with Crippen molar-refractivity contribution in [3.63, 3.8) is 0 Å². The number of nitrogens with zero attached hydrogens (tertiary/aromatic N) is 2. The first kappa shape index (κ1) is 12.8. The van der Waals surface area contributed by atoms with Crippen LogP contribution in [0.2, 0.25) is 0 Å². The second-order valence-electron chi connectivity index (χ2n) is 5.72. The van der Waals surface area contributed by atoms with E-state index in [4.69, 9.17) is 0 Å². The first-order valence-corrected chi connectivity index (χ1v) is 6.83. The van der Waals surface area contributed by atoms with Crippen LogP contribution in [0.3, 0.4) is 0 Å². The van der Waals surface area contributed by atoms with Crippen molar-refractivity contribution in [1.82, 2.24) is 15.1 Å². The summed E-state index contributed by atoms with van der Waals surface area (Å²) in [6, 6.07) is 0.611. The minimum Gasteiger partial charge on any atom is -0.339 e. The van der Waals surface area contributed by atoms with E-state index in [1.54, 1.807) is 0 Å². The molecule has 1 N–H and O–H groups in total. The Hall–Kier alpha value is -0.610. The van der Waals surface area contributed by atoms with Crippen LogP contribution in [-0.2, 0) is 4.79 Å². The molecule has 1 unspecified atom stereocenters. The molecule has 0 radical (unpaired) electrons. The zero-order chi connectivity index (χ0) is 12.4. The fraction of sp³-hybridized carbons (Fsp3) is 0.923. The van der Waals surface area contributed by atoms with Crippen LogP contribution in [0.4, 0.5) is 0 Å². The van der Waals surface area contributed by atoms with Gasteiger partial charge in [-0.1, -0.05) is 20.8 Å². The summed E-state index contributed by atoms with van der Waals surface area (Å²) in [5.41, 5.74) is 0. The van der Waals surface area contributed by atoms with E-state index in [2.05, 4.69) is 24.1 Å². The third kappa shape index (κ3) is 2.80. The van der Waals surface area contributed by atoms with E-state index in [1.165, 1.54) is 0 Å². The van der Waals surface area contributed by atoms with Crippen molar-refractivity contribution >= 4 is 5.91 Å². The monoisotopic (exact) mass is 239 g/mol. The molecule has 0 spiro atoms. The largest absolute Gasteiger partial charge is 0.339 e. The molecule has 2 heterocycles. The maximum atomic E-state index is 12.1. The Bertz CT molecular complexity index is 268. The highest BCUT2D eigenvalue weighted by atomic mass is 16.2. The van der Waals surface area contributed by atoms with Crippen LogP contribution in [-0.4, -0.2) is 61.0 Å². The summed E-state index contributed by atoms with van der Waals surface area (Å²) in [7, 11) is 0. The molecule has 2 saturated heterocycles. The molecule has 2 rings (SSSR count). The van der Waals surface area contributed by atoms with Gasteiger partial charge in [0.2, 0.25) is 5.91 Å². The van der Waals surface area contributed by atoms with Crippen molar-refractivity contribution in [2.45, 2.75) is 26.8 Å². The zero-order valence-corrected chi connectivity index (χ0v) is 11.3. The molecule has 2 fully saturated rings. The van der Waals surface area contributed by atoms with E-state index in [0.29, 0.717) is 17.9 Å². The lowest BCUT2D eigenvalue weighted by molar-refractivity contribution is -0.144. The Morgan fingerprint density at radius 1 is 1.18 bits per heavy atom. The molecule has 98 valence electrons. The van der Waals surface area contributed by atoms with Crippen molar-refractivity contribution < 1.29 is 4.79 Å². The van der Waals surface area contributed by atoms with Gasteiger partial charge in [0.25, 0.3) is 0 Å². The van der Waals surface area contributed by atoms with Crippen LogP contribution in [0, 0.1) is 11.8 Å². The lowest BCUT2D eigenvalue weighted by atomic mass is 9.94. The van der Waals surface area contributed by atoms with Gasteiger partial charge in [0, 0.05) is 51.2 Å². The number of hydrogen-bond donors (Lipinski definition) is 1. The molecule has 4 nitrogen and oxygen atoms in total. The smallest absolute Gasteiger partial charge is 0.225 e. The summed E-state index contributed by atoms with van der Waals surface area (Å²) in [6.45, 7) is 12.6. The topological polar surface area (TPSA) is 35.6 Å². The van der Waals surface area contributed by atoms with Gasteiger partial charge in [-0.15, -0.1) is 0 Å². The van der Waals surface area contributed by atoms with Gasteiger partial charge in [0.05, 0.1) is 0 Å². The van der Waals surface area contributed by atoms with Crippen LogP contribution < -0.4 is 5.32 Å². The molecular weight excluding hydrogens is 214 g/mol. The predicted octanol–water partition coefficient (Wildman–Crippen LogP) is 0.395. The van der Waals surface area contributed by atoms with E-state index >= 15 is 0 Å². The molecule has 17 heavy (non-hydrogen) atoms. The van der Waals surface area contributed by atoms with Crippen molar-refractivity contribution in [2.24, 2.45) is 11.8 Å². The van der Waals surface area contributed by atoms with Crippen LogP contribution in [0.15, 0.2) is 0 Å². The van der Waals surface area contributed by atoms with Gasteiger partial charge >= 0.3 is 0 Å². The minimum atomic E-state index is 0.166. The predicted molar refractivity (Wildman–Crippen MR) is 68.8 cm³/mol. The number of carbonyl (C=O) groups excluding carboxylic acids is 1. The van der Waals surface area contributed by atoms with Crippen molar-refractivity contribution in [1.29, 1.82) is 0 Å². The fourth-order valence-corrected chi connectivity index (χ4v) is 2.49. The number of nitrogens with one attached hydrogen (secondary N) is 1. The summed E-state index contributed by atoms with van der Waals surface area (Å²) >= 11 is 0. The molecule has 0 aromatic carbocycles. The average Bonchev–Trinajstić information content (AvgIpc) is 2.27. The fourth-order valence-electron chi connectivity index (χ4n) is 2.49. The van der Waals surface area contributed by atoms with Crippen LogP contribution in [0.1, 0.15) is 20.8 Å². The van der Waals surface area contributed by atoms with Crippen molar-refractivity contribution in [3.8, 4) is 0 Å². The summed E-state index contributed by atoms with van der Waals surface area (Å²) in [6.07, 6.45) is 0. The standard InChI is InChI=1S/C13H25N3O/c1-10(2)11(3)13(17)16-8-12(9-16)15-6-4-14-5-7-15/h10-12,14H,4-9H2,1-3H3. The number of hydrogen-bond acceptors (Lipinski definition) is 3. The lowest BCUT2D eigenvalue weighted by Gasteiger charge is -2.47. The maximum Gasteiger partial charge on any atom is 0.225 e. The molecule has 2 aliphatic rings. The summed E-state index contributed by atoms with van der Waals surface area (Å²) in [5.74, 6) is 0.950. The van der Waals surface area contributed by atoms with Gasteiger partial charge in [-0.05, 0) is 5.92 Å². The average molecular weight is 239 g/mol. The van der Waals surface area contributed by atoms with E-state index in [1.807, 2.05) is 11.8 Å². The van der Waals surface area contributed by atoms with Gasteiger partial charge in [-0.25, -0.2) is 0 Å². The maximum absolute atomic E-state index is 12.1. The molecule has 0 saturated carbocycles. The van der Waals surface area contributed by atoms with Crippen molar-refractivity contribution in [3.05, 3.63) is 0 Å². The van der Waals surface area contributed by atoms with E-state index in [0.717, 1.165) is 39.3 Å². The van der Waals surface area contributed by atoms with Crippen LogP contribution in [0.5, 0.6) is 0 Å². The number of amides is 1. The third-order valence-electron chi connectivity index (χ3n) is 4.23. The highest BCUT2D eigenvalue weighted by molar-refractivity contribution is 5.79. The van der Waals surface area contributed by atoms with Crippen molar-refractivity contribution in [2.75, 3.05) is 39.3 Å². The molecule has 1 atom stereocenters. The number of carbonyl (C=O) groups is 1. The van der Waals surface area contributed by atoms with Crippen LogP contribution in [0.25, 0.3) is 0 Å².